The highest BCUT2D eigenvalue weighted by Gasteiger charge is 2.37. The number of carbonyl (C=O) groups is 9. The molecule has 0 bridgehead atoms. The van der Waals surface area contributed by atoms with Gasteiger partial charge in [0, 0.05) is 123 Å². The molecule has 3 aliphatic heterocycles. The van der Waals surface area contributed by atoms with Crippen molar-refractivity contribution in [1.82, 2.24) is 35.6 Å². The molecule has 4 heterocycles. The molecule has 5 aromatic rings. The number of nitrogens with two attached hydrogens (primary N) is 1. The maximum atomic E-state index is 14.5. The van der Waals surface area contributed by atoms with Crippen LogP contribution in [-0.2, 0) is 30.4 Å². The van der Waals surface area contributed by atoms with E-state index in [0.717, 1.165) is 39.7 Å². The van der Waals surface area contributed by atoms with Crippen LogP contribution < -0.4 is 36.6 Å². The molecule has 3 aliphatic rings. The highest BCUT2D eigenvalue weighted by atomic mass is 35.5. The Labute approximate surface area is 462 Å². The van der Waals surface area contributed by atoms with Crippen LogP contribution >= 0.6 is 11.6 Å². The van der Waals surface area contributed by atoms with Crippen molar-refractivity contribution < 1.29 is 47.9 Å². The summed E-state index contributed by atoms with van der Waals surface area (Å²) in [6.45, 7) is 7.28. The van der Waals surface area contributed by atoms with Crippen LogP contribution in [0.25, 0.3) is 21.7 Å². The van der Waals surface area contributed by atoms with E-state index in [1.54, 1.807) is 46.2 Å². The SMILES string of the molecule is CC(C)[C@H](NCCCC(=O)CCCN1C(=O)C=CC1=O)C(=O)N[C@@H](CCCNC(N)=O)C(=O)Nc1ccc(C(=O)Cc2ccc3[nH]c(C(=O)N4C[C@@H](CCl)c5c4cc(OC(=O)N4CCN(C)CC4)c4ccccc54)cc3c2)cc1. The van der Waals surface area contributed by atoms with E-state index in [4.69, 9.17) is 22.1 Å². The molecular weight excluding hydrogens is 1030 g/mol. The van der Waals surface area contributed by atoms with Gasteiger partial charge < -0.3 is 51.4 Å². The number of hydrogen-bond acceptors (Lipinski definition) is 12. The number of halogens is 1. The average molecular weight is 1100 g/mol. The number of rotatable bonds is 24. The number of ketones is 2. The highest BCUT2D eigenvalue weighted by molar-refractivity contribution is 6.19. The fourth-order valence-corrected chi connectivity index (χ4v) is 10.5. The molecule has 7 N–H and O–H groups in total. The first-order chi connectivity index (χ1) is 38.0. The number of likely N-dealkylation sites (N-methyl/N-ethyl adjacent to an activating group) is 1. The lowest BCUT2D eigenvalue weighted by Gasteiger charge is -2.31. The monoisotopic (exact) mass is 1100 g/mol. The maximum Gasteiger partial charge on any atom is 0.415 e. The second-order valence-electron chi connectivity index (χ2n) is 20.6. The third kappa shape index (κ3) is 14.2. The molecule has 79 heavy (non-hydrogen) atoms. The lowest BCUT2D eigenvalue weighted by atomic mass is 9.95. The summed E-state index contributed by atoms with van der Waals surface area (Å²) < 4.78 is 6.06. The summed E-state index contributed by atoms with van der Waals surface area (Å²) in [6, 6.07) is 20.7. The first-order valence-corrected chi connectivity index (χ1v) is 27.3. The summed E-state index contributed by atoms with van der Waals surface area (Å²) in [6.07, 6.45) is 3.74. The summed E-state index contributed by atoms with van der Waals surface area (Å²) in [5.74, 6) is -1.95. The van der Waals surface area contributed by atoms with Gasteiger partial charge >= 0.3 is 12.1 Å². The topological polar surface area (TPSA) is 266 Å². The molecule has 8 amide bonds. The number of ether oxygens (including phenoxy) is 1. The van der Waals surface area contributed by atoms with Crippen LogP contribution in [0.5, 0.6) is 5.75 Å². The van der Waals surface area contributed by atoms with Crippen LogP contribution in [0.4, 0.5) is 21.0 Å². The van der Waals surface area contributed by atoms with Gasteiger partial charge in [-0.25, -0.2) is 9.59 Å². The average Bonchev–Trinajstić information content (AvgIpc) is 4.36. The number of amides is 8. The number of nitrogens with one attached hydrogen (secondary N) is 5. The number of aromatic nitrogens is 1. The van der Waals surface area contributed by atoms with Gasteiger partial charge in [0.05, 0.1) is 11.7 Å². The number of benzene rings is 4. The number of urea groups is 1. The Morgan fingerprint density at radius 2 is 1.53 bits per heavy atom. The number of nitrogens with zero attached hydrogens (tertiary/aromatic N) is 4. The van der Waals surface area contributed by atoms with Crippen molar-refractivity contribution in [1.29, 1.82) is 0 Å². The van der Waals surface area contributed by atoms with Crippen molar-refractivity contribution in [2.75, 3.05) is 75.5 Å². The zero-order valence-electron chi connectivity index (χ0n) is 44.6. The second-order valence-corrected chi connectivity index (χ2v) is 20.9. The number of imide groups is 1. The summed E-state index contributed by atoms with van der Waals surface area (Å²) in [7, 11) is 2.01. The number of anilines is 2. The number of Topliss-reactive ketones (excluding diaryl/α,β-unsaturated/α-hetero) is 2. The van der Waals surface area contributed by atoms with Gasteiger partial charge in [-0.1, -0.05) is 44.2 Å². The van der Waals surface area contributed by atoms with Crippen LogP contribution in [0.15, 0.2) is 91.0 Å². The number of H-pyrrole nitrogens is 1. The van der Waals surface area contributed by atoms with Gasteiger partial charge in [0.2, 0.25) is 11.8 Å². The quantitative estimate of drug-likeness (QED) is 0.0179. The Hall–Kier alpha value is -7.94. The molecular formula is C58H67ClN10O10. The molecule has 0 aliphatic carbocycles. The standard InChI is InChI=1S/C58H67ClN10O10/c1-35(2)53(61-22-6-9-41(70)10-8-24-68-50(72)20-21-51(68)73)55(75)65-45(13-7-23-62-57(60)77)54(74)63-40-17-15-37(16-18-40)48(71)30-36-14-19-44-38(29-36)31-46(64-44)56(76)69-34-39(33-59)52-43-12-5-4-11-42(43)49(32-47(52)69)79-58(78)67-27-25-66(3)26-28-67/h4-5,11-12,14-21,29,31-32,35,39,45,53,61,64H,6-10,13,22-28,30,33-34H2,1-3H3,(H,63,74)(H,65,75)(H3,60,62,77)/t39-,45+,53+/m1/s1. The Morgan fingerprint density at radius 3 is 2.23 bits per heavy atom. The van der Waals surface area contributed by atoms with Crippen molar-refractivity contribution in [2.45, 2.75) is 76.8 Å². The third-order valence-corrected chi connectivity index (χ3v) is 14.9. The highest BCUT2D eigenvalue weighted by Crippen LogP contribution is 2.46. The van der Waals surface area contributed by atoms with Gasteiger partial charge in [-0.3, -0.25) is 38.5 Å². The van der Waals surface area contributed by atoms with E-state index in [1.165, 1.54) is 12.2 Å². The Morgan fingerprint density at radius 1 is 0.823 bits per heavy atom. The molecule has 3 atom stereocenters. The van der Waals surface area contributed by atoms with Crippen LogP contribution in [0.3, 0.4) is 0 Å². The Bertz CT molecular complexity index is 3150. The number of aromatic amines is 1. The Kier molecular flexibility index (Phi) is 18.9. The number of hydrogen-bond donors (Lipinski definition) is 6. The maximum absolute atomic E-state index is 14.5. The molecule has 0 spiro atoms. The number of piperazine rings is 1. The predicted octanol–water partition coefficient (Wildman–Crippen LogP) is 6.02. The zero-order valence-corrected chi connectivity index (χ0v) is 45.4. The first kappa shape index (κ1) is 57.2. The molecule has 1 saturated heterocycles. The van der Waals surface area contributed by atoms with Crippen molar-refractivity contribution in [3.05, 3.63) is 113 Å². The van der Waals surface area contributed by atoms with E-state index in [1.807, 2.05) is 63.4 Å². The van der Waals surface area contributed by atoms with Crippen LogP contribution in [-0.4, -0.2) is 150 Å². The van der Waals surface area contributed by atoms with E-state index in [0.29, 0.717) is 84.9 Å². The normalized spacial score (nSPS) is 16.1. The predicted molar refractivity (Wildman–Crippen MR) is 300 cm³/mol. The van der Waals surface area contributed by atoms with Crippen molar-refractivity contribution in [3.8, 4) is 5.75 Å². The largest absolute Gasteiger partial charge is 0.415 e. The Balaban J connectivity index is 0.871. The van der Waals surface area contributed by atoms with E-state index >= 15 is 0 Å². The molecule has 1 aromatic heterocycles. The molecule has 0 radical (unpaired) electrons. The summed E-state index contributed by atoms with van der Waals surface area (Å²) >= 11 is 6.57. The lowest BCUT2D eigenvalue weighted by Crippen LogP contribution is -2.53. The van der Waals surface area contributed by atoms with Crippen molar-refractivity contribution in [3.63, 3.8) is 0 Å². The molecule has 8 rings (SSSR count). The van der Waals surface area contributed by atoms with E-state index in [9.17, 15) is 43.2 Å². The van der Waals surface area contributed by atoms with E-state index in [-0.39, 0.29) is 85.8 Å². The number of carbonyl (C=O) groups excluding carboxylic acids is 9. The van der Waals surface area contributed by atoms with E-state index < -0.39 is 36.0 Å². The van der Waals surface area contributed by atoms with Gasteiger partial charge in [0.15, 0.2) is 5.78 Å². The lowest BCUT2D eigenvalue weighted by molar-refractivity contribution is -0.137. The molecule has 0 unspecified atom stereocenters. The third-order valence-electron chi connectivity index (χ3n) is 14.6. The summed E-state index contributed by atoms with van der Waals surface area (Å²) in [5, 5.41) is 13.7. The summed E-state index contributed by atoms with van der Waals surface area (Å²) in [4.78, 5) is 126. The van der Waals surface area contributed by atoms with E-state index in [2.05, 4.69) is 31.2 Å². The van der Waals surface area contributed by atoms with Crippen LogP contribution in [0.2, 0.25) is 0 Å². The minimum atomic E-state index is -1.01. The number of primary amides is 1. The van der Waals surface area contributed by atoms with Gasteiger partial charge in [0.1, 0.15) is 23.3 Å². The van der Waals surface area contributed by atoms with Gasteiger partial charge in [0.25, 0.3) is 17.7 Å². The first-order valence-electron chi connectivity index (χ1n) is 26.7. The number of fused-ring (bicyclic) bond motifs is 4. The smallest absolute Gasteiger partial charge is 0.409 e. The molecule has 20 nitrogen and oxygen atoms in total. The number of alkyl halides is 1. The molecule has 416 valence electrons. The molecule has 4 aromatic carbocycles. The fraction of sp³-hybridized carbons (Fsp3) is 0.397. The summed E-state index contributed by atoms with van der Waals surface area (Å²) in [5.41, 5.74) is 9.31. The minimum Gasteiger partial charge on any atom is -0.409 e. The van der Waals surface area contributed by atoms with Gasteiger partial charge in [-0.05, 0) is 104 Å². The van der Waals surface area contributed by atoms with Gasteiger partial charge in [-0.2, -0.15) is 0 Å². The van der Waals surface area contributed by atoms with Crippen LogP contribution in [0, 0.1) is 5.92 Å². The van der Waals surface area contributed by atoms with Crippen molar-refractivity contribution >= 4 is 97.9 Å². The minimum absolute atomic E-state index is 0.0288. The second kappa shape index (κ2) is 26.1. The molecule has 0 saturated carbocycles. The zero-order chi connectivity index (χ0) is 56.3. The van der Waals surface area contributed by atoms with Crippen LogP contribution in [0.1, 0.15) is 90.3 Å². The molecule has 1 fully saturated rings. The van der Waals surface area contributed by atoms with Gasteiger partial charge in [-0.15, -0.1) is 11.6 Å². The fourth-order valence-electron chi connectivity index (χ4n) is 10.2. The van der Waals surface area contributed by atoms with Crippen molar-refractivity contribution in [2.24, 2.45) is 11.7 Å². The molecule has 21 heteroatoms.